The first-order chi connectivity index (χ1) is 30.8. The van der Waals surface area contributed by atoms with Crippen molar-refractivity contribution in [3.05, 3.63) is 265 Å². The molecule has 11 aromatic rings. The van der Waals surface area contributed by atoms with E-state index in [4.69, 9.17) is 0 Å². The highest BCUT2D eigenvalue weighted by Gasteiger charge is 2.50. The van der Waals surface area contributed by atoms with Crippen LogP contribution in [0.15, 0.2) is 249 Å². The molecule has 0 saturated carbocycles. The maximum absolute atomic E-state index is 2.55. The Labute approximate surface area is 361 Å². The second-order valence-electron chi connectivity index (χ2n) is 16.1. The summed E-state index contributed by atoms with van der Waals surface area (Å²) >= 11 is 0. The van der Waals surface area contributed by atoms with Crippen molar-refractivity contribution in [1.29, 1.82) is 0 Å². The Balaban J connectivity index is 1.13. The van der Waals surface area contributed by atoms with Gasteiger partial charge in [-0.1, -0.05) is 170 Å². The summed E-state index contributed by atoms with van der Waals surface area (Å²) in [6.07, 6.45) is 0. The molecule has 3 nitrogen and oxygen atoms in total. The number of fused-ring (bicyclic) bond motifs is 7. The summed E-state index contributed by atoms with van der Waals surface area (Å²) in [5.41, 5.74) is 14.4. The molecule has 0 aliphatic heterocycles. The van der Waals surface area contributed by atoms with E-state index in [0.717, 1.165) is 39.6 Å². The fraction of sp³-hybridized carbons (Fsp3) is 0.0169. The first-order valence-corrected chi connectivity index (χ1v) is 21.4. The third-order valence-electron chi connectivity index (χ3n) is 12.7. The molecule has 0 amide bonds. The average Bonchev–Trinajstić information content (AvgIpc) is 3.83. The van der Waals surface area contributed by atoms with Gasteiger partial charge in [0, 0.05) is 44.9 Å². The van der Waals surface area contributed by atoms with E-state index in [2.05, 4.69) is 263 Å². The first kappa shape index (κ1) is 35.8. The molecule has 0 N–H and O–H groups in total. The lowest BCUT2D eigenvalue weighted by molar-refractivity contribution is 0.644. The molecule has 292 valence electrons. The lowest BCUT2D eigenvalue weighted by Crippen LogP contribution is -2.44. The van der Waals surface area contributed by atoms with Crippen molar-refractivity contribution in [2.45, 2.75) is 5.54 Å². The normalized spacial score (nSPS) is 14.2. The van der Waals surface area contributed by atoms with Crippen molar-refractivity contribution in [3.8, 4) is 16.8 Å². The van der Waals surface area contributed by atoms with Crippen LogP contribution in [-0.4, -0.2) is 4.57 Å². The molecule has 0 fully saturated rings. The van der Waals surface area contributed by atoms with Crippen molar-refractivity contribution in [1.82, 2.24) is 4.57 Å². The topological polar surface area (TPSA) is 11.4 Å². The minimum absolute atomic E-state index is 0.722. The Bertz CT molecular complexity index is 3370. The standard InChI is InChI=1S/C59H41N3/c1-5-21-44(22-6-1)59(62(46-25-9-3-10-26-46)47-27-11-4-12-28-47)55-31-17-15-29-51(55)52-37-35-49(40-56(52)59)60(45-23-7-2-8-24-45)50-36-38-54-53-30-16-18-32-57(53)61(58(54)41-50)48-34-33-42-19-13-14-20-43(42)39-48/h1-41H. The Morgan fingerprint density at radius 2 is 0.871 bits per heavy atom. The Morgan fingerprint density at radius 3 is 1.61 bits per heavy atom. The van der Waals surface area contributed by atoms with E-state index >= 15 is 0 Å². The zero-order chi connectivity index (χ0) is 41.0. The van der Waals surface area contributed by atoms with Crippen LogP contribution in [0.25, 0.3) is 49.4 Å². The van der Waals surface area contributed by atoms with Crippen LogP contribution < -0.4 is 9.80 Å². The quantitative estimate of drug-likeness (QED) is 0.152. The third kappa shape index (κ3) is 5.52. The van der Waals surface area contributed by atoms with Gasteiger partial charge < -0.3 is 14.4 Å². The van der Waals surface area contributed by atoms with Gasteiger partial charge in [-0.2, -0.15) is 0 Å². The van der Waals surface area contributed by atoms with Gasteiger partial charge in [0.05, 0.1) is 11.0 Å². The van der Waals surface area contributed by atoms with E-state index < -0.39 is 5.54 Å². The predicted octanol–water partition coefficient (Wildman–Crippen LogP) is 15.5. The SMILES string of the molecule is c1ccc(N(c2ccc3c(c2)C(c2ccccc2)(N(c2ccccc2)c2ccccc2)c2ccccc2-3)c2ccc3c4ccccc4n(-c4ccc5ccccc5c4)c3c2)cc1. The average molecular weight is 792 g/mol. The zero-order valence-corrected chi connectivity index (χ0v) is 34.0. The summed E-state index contributed by atoms with van der Waals surface area (Å²) in [5, 5.41) is 4.91. The molecule has 1 aromatic heterocycles. The minimum atomic E-state index is -0.722. The summed E-state index contributed by atoms with van der Waals surface area (Å²) in [6, 6.07) is 90.9. The van der Waals surface area contributed by atoms with E-state index in [1.165, 1.54) is 54.9 Å². The lowest BCUT2D eigenvalue weighted by atomic mass is 9.78. The van der Waals surface area contributed by atoms with Crippen molar-refractivity contribution in [2.75, 3.05) is 9.80 Å². The Morgan fingerprint density at radius 1 is 0.323 bits per heavy atom. The maximum atomic E-state index is 2.55. The summed E-state index contributed by atoms with van der Waals surface area (Å²) < 4.78 is 2.43. The monoisotopic (exact) mass is 791 g/mol. The molecule has 1 aliphatic carbocycles. The number of benzene rings is 10. The van der Waals surface area contributed by atoms with Crippen LogP contribution in [0.1, 0.15) is 16.7 Å². The number of rotatable bonds is 8. The van der Waals surface area contributed by atoms with Gasteiger partial charge in [0.25, 0.3) is 0 Å². The van der Waals surface area contributed by atoms with Gasteiger partial charge in [0.2, 0.25) is 0 Å². The molecular formula is C59H41N3. The fourth-order valence-electron chi connectivity index (χ4n) is 10.2. The molecule has 0 radical (unpaired) electrons. The van der Waals surface area contributed by atoms with Crippen LogP contribution >= 0.6 is 0 Å². The highest BCUT2D eigenvalue weighted by molar-refractivity contribution is 6.10. The van der Waals surface area contributed by atoms with E-state index in [-0.39, 0.29) is 0 Å². The fourth-order valence-corrected chi connectivity index (χ4v) is 10.2. The van der Waals surface area contributed by atoms with Crippen molar-refractivity contribution < 1.29 is 0 Å². The number of para-hydroxylation sites is 4. The number of hydrogen-bond donors (Lipinski definition) is 0. The lowest BCUT2D eigenvalue weighted by Gasteiger charge is -2.45. The van der Waals surface area contributed by atoms with Crippen molar-refractivity contribution >= 4 is 61.0 Å². The summed E-state index contributed by atoms with van der Waals surface area (Å²) in [6.45, 7) is 0. The summed E-state index contributed by atoms with van der Waals surface area (Å²) in [7, 11) is 0. The third-order valence-corrected chi connectivity index (χ3v) is 12.7. The van der Waals surface area contributed by atoms with Gasteiger partial charge in [-0.05, 0) is 117 Å². The molecule has 10 aromatic carbocycles. The van der Waals surface area contributed by atoms with Gasteiger partial charge in [-0.25, -0.2) is 0 Å². The molecule has 0 saturated heterocycles. The van der Waals surface area contributed by atoms with Crippen molar-refractivity contribution in [2.24, 2.45) is 0 Å². The molecule has 0 spiro atoms. The maximum Gasteiger partial charge on any atom is 0.122 e. The second-order valence-corrected chi connectivity index (χ2v) is 16.1. The Kier molecular flexibility index (Phi) is 8.39. The van der Waals surface area contributed by atoms with E-state index in [1.807, 2.05) is 0 Å². The number of hydrogen-bond acceptors (Lipinski definition) is 2. The van der Waals surface area contributed by atoms with Gasteiger partial charge in [-0.3, -0.25) is 0 Å². The van der Waals surface area contributed by atoms with Crippen LogP contribution in [0.5, 0.6) is 0 Å². The van der Waals surface area contributed by atoms with Gasteiger partial charge in [0.15, 0.2) is 0 Å². The zero-order valence-electron chi connectivity index (χ0n) is 34.0. The second kappa shape index (κ2) is 14.5. The molecule has 1 atom stereocenters. The molecule has 0 bridgehead atoms. The Hall–Kier alpha value is -8.14. The van der Waals surface area contributed by atoms with E-state index in [9.17, 15) is 0 Å². The van der Waals surface area contributed by atoms with Gasteiger partial charge >= 0.3 is 0 Å². The number of anilines is 5. The highest BCUT2D eigenvalue weighted by Crippen LogP contribution is 2.58. The molecule has 1 heterocycles. The smallest absolute Gasteiger partial charge is 0.122 e. The highest BCUT2D eigenvalue weighted by atomic mass is 15.2. The van der Waals surface area contributed by atoms with Crippen LogP contribution in [0.2, 0.25) is 0 Å². The molecular weight excluding hydrogens is 751 g/mol. The van der Waals surface area contributed by atoms with Crippen molar-refractivity contribution in [3.63, 3.8) is 0 Å². The van der Waals surface area contributed by atoms with Crippen LogP contribution in [0.3, 0.4) is 0 Å². The summed E-state index contributed by atoms with van der Waals surface area (Å²) in [5.74, 6) is 0. The van der Waals surface area contributed by atoms with E-state index in [0.29, 0.717) is 0 Å². The summed E-state index contributed by atoms with van der Waals surface area (Å²) in [4.78, 5) is 4.98. The molecule has 62 heavy (non-hydrogen) atoms. The molecule has 3 heteroatoms. The van der Waals surface area contributed by atoms with Gasteiger partial charge in [0.1, 0.15) is 5.54 Å². The minimum Gasteiger partial charge on any atom is -0.323 e. The first-order valence-electron chi connectivity index (χ1n) is 21.4. The number of aromatic nitrogens is 1. The molecule has 12 rings (SSSR count). The number of nitrogens with zero attached hydrogens (tertiary/aromatic N) is 3. The van der Waals surface area contributed by atoms with Crippen LogP contribution in [0, 0.1) is 0 Å². The van der Waals surface area contributed by atoms with E-state index in [1.54, 1.807) is 0 Å². The van der Waals surface area contributed by atoms with Crippen LogP contribution in [0.4, 0.5) is 28.4 Å². The molecule has 1 unspecified atom stereocenters. The largest absolute Gasteiger partial charge is 0.323 e. The predicted molar refractivity (Wildman–Crippen MR) is 260 cm³/mol. The molecule has 1 aliphatic rings. The van der Waals surface area contributed by atoms with Crippen LogP contribution in [-0.2, 0) is 5.54 Å². The van der Waals surface area contributed by atoms with Gasteiger partial charge in [-0.15, -0.1) is 0 Å².